The lowest BCUT2D eigenvalue weighted by molar-refractivity contribution is -0.122. The molecular weight excluding hydrogens is 617 g/mol. The number of carboxylic acids is 1. The predicted octanol–water partition coefficient (Wildman–Crippen LogP) is 5.40. The van der Waals surface area contributed by atoms with Crippen LogP contribution in [0.5, 0.6) is 5.75 Å². The number of nitrogens with two attached hydrogens (primary N) is 1. The molecule has 1 aromatic heterocycles. The van der Waals surface area contributed by atoms with Gasteiger partial charge in [0, 0.05) is 31.7 Å². The minimum Gasteiger partial charge on any atom is -0.492 e. The Bertz CT molecular complexity index is 1750. The highest BCUT2D eigenvalue weighted by Gasteiger charge is 2.31. The number of benzene rings is 3. The summed E-state index contributed by atoms with van der Waals surface area (Å²) in [6, 6.07) is 18.6. The second kappa shape index (κ2) is 13.4. The number of morpholine rings is 1. The minimum atomic E-state index is -0.969. The van der Waals surface area contributed by atoms with E-state index in [0.29, 0.717) is 33.9 Å². The third-order valence-corrected chi connectivity index (χ3v) is 9.71. The van der Waals surface area contributed by atoms with Crippen molar-refractivity contribution in [3.05, 3.63) is 82.3 Å². The number of hydrogen-bond donors (Lipinski definition) is 2. The van der Waals surface area contributed by atoms with Crippen LogP contribution in [0.1, 0.15) is 21.5 Å². The molecule has 9 nitrogen and oxygen atoms in total. The Hall–Kier alpha value is -3.81. The third kappa shape index (κ3) is 6.95. The molecule has 2 fully saturated rings. The van der Waals surface area contributed by atoms with Crippen LogP contribution in [-0.2, 0) is 16.0 Å². The fourth-order valence-corrected chi connectivity index (χ4v) is 7.19. The van der Waals surface area contributed by atoms with Crippen molar-refractivity contribution in [2.24, 2.45) is 0 Å². The molecule has 226 valence electrons. The molecule has 1 amide bonds. The Morgan fingerprint density at radius 1 is 1.09 bits per heavy atom. The van der Waals surface area contributed by atoms with Crippen molar-refractivity contribution in [1.82, 2.24) is 14.8 Å². The molecule has 0 unspecified atom stereocenters. The van der Waals surface area contributed by atoms with Gasteiger partial charge in [-0.1, -0.05) is 59.6 Å². The number of fused-ring (bicyclic) bond motifs is 1. The van der Waals surface area contributed by atoms with Gasteiger partial charge in [-0.15, -0.1) is 0 Å². The quantitative estimate of drug-likeness (QED) is 0.171. The summed E-state index contributed by atoms with van der Waals surface area (Å²) in [4.78, 5) is 33.4. The Morgan fingerprint density at radius 2 is 1.89 bits per heavy atom. The van der Waals surface area contributed by atoms with Gasteiger partial charge in [-0.2, -0.15) is 0 Å². The molecule has 0 aliphatic carbocycles. The van der Waals surface area contributed by atoms with E-state index in [9.17, 15) is 9.59 Å². The van der Waals surface area contributed by atoms with Gasteiger partial charge in [-0.05, 0) is 65.6 Å². The second-order valence-electron chi connectivity index (χ2n) is 10.4. The molecule has 0 bridgehead atoms. The fourth-order valence-electron chi connectivity index (χ4n) is 5.11. The van der Waals surface area contributed by atoms with Crippen LogP contribution in [0, 0.1) is 0 Å². The summed E-state index contributed by atoms with van der Waals surface area (Å²) in [6.45, 7) is 5.03. The van der Waals surface area contributed by atoms with Crippen LogP contribution in [-0.4, -0.2) is 82.1 Å². The Morgan fingerprint density at radius 3 is 2.66 bits per heavy atom. The number of thiazole rings is 1. The number of ether oxygens (including phenoxy) is 2. The van der Waals surface area contributed by atoms with E-state index in [1.807, 2.05) is 36.4 Å². The van der Waals surface area contributed by atoms with Crippen LogP contribution in [0.15, 0.2) is 65.6 Å². The van der Waals surface area contributed by atoms with E-state index in [1.54, 1.807) is 29.2 Å². The van der Waals surface area contributed by atoms with E-state index in [4.69, 9.17) is 32.5 Å². The number of nitrogens with zero attached hydrogens (tertiary/aromatic N) is 3. The van der Waals surface area contributed by atoms with E-state index >= 15 is 0 Å². The zero-order valence-electron chi connectivity index (χ0n) is 23.7. The van der Waals surface area contributed by atoms with Crippen LogP contribution in [0.2, 0.25) is 0 Å². The van der Waals surface area contributed by atoms with Crippen molar-refractivity contribution in [1.29, 1.82) is 0 Å². The molecule has 0 spiro atoms. The number of rotatable bonds is 10. The number of carbonyl (C=O) groups excluding carboxylic acids is 1. The molecule has 44 heavy (non-hydrogen) atoms. The highest BCUT2D eigenvalue weighted by molar-refractivity contribution is 8.26. The largest absolute Gasteiger partial charge is 0.492 e. The summed E-state index contributed by atoms with van der Waals surface area (Å²) in [7, 11) is 0. The third-order valence-electron chi connectivity index (χ3n) is 7.48. The smallest absolute Gasteiger partial charge is 0.335 e. The average Bonchev–Trinajstić information content (AvgIpc) is 3.53. The number of hydrogen-bond acceptors (Lipinski definition) is 10. The molecule has 2 aliphatic rings. The lowest BCUT2D eigenvalue weighted by Gasteiger charge is -2.26. The first-order valence-corrected chi connectivity index (χ1v) is 16.2. The van der Waals surface area contributed by atoms with Gasteiger partial charge in [0.2, 0.25) is 0 Å². The zero-order chi connectivity index (χ0) is 30.6. The van der Waals surface area contributed by atoms with Gasteiger partial charge in [-0.3, -0.25) is 14.6 Å². The monoisotopic (exact) mass is 646 g/mol. The van der Waals surface area contributed by atoms with E-state index in [1.165, 1.54) is 23.1 Å². The van der Waals surface area contributed by atoms with E-state index in [-0.39, 0.29) is 11.5 Å². The minimum absolute atomic E-state index is 0.143. The van der Waals surface area contributed by atoms with Crippen molar-refractivity contribution in [2.75, 3.05) is 51.7 Å². The second-order valence-corrected chi connectivity index (χ2v) is 13.1. The van der Waals surface area contributed by atoms with Gasteiger partial charge < -0.3 is 20.3 Å². The molecule has 0 saturated carbocycles. The summed E-state index contributed by atoms with van der Waals surface area (Å²) in [5.74, 6) is -0.354. The molecule has 0 atom stereocenters. The maximum absolute atomic E-state index is 13.4. The molecule has 3 heterocycles. The van der Waals surface area contributed by atoms with Gasteiger partial charge in [0.1, 0.15) is 16.7 Å². The van der Waals surface area contributed by atoms with Crippen molar-refractivity contribution >= 4 is 72.9 Å². The average molecular weight is 647 g/mol. The van der Waals surface area contributed by atoms with Gasteiger partial charge >= 0.3 is 5.97 Å². The number of aromatic nitrogens is 1. The van der Waals surface area contributed by atoms with Gasteiger partial charge in [0.15, 0.2) is 5.13 Å². The molecule has 12 heteroatoms. The molecule has 3 N–H and O–H groups in total. The number of anilines is 1. The van der Waals surface area contributed by atoms with Crippen LogP contribution in [0.3, 0.4) is 0 Å². The maximum Gasteiger partial charge on any atom is 0.335 e. The molecule has 6 rings (SSSR count). The highest BCUT2D eigenvalue weighted by Crippen LogP contribution is 2.37. The zero-order valence-corrected chi connectivity index (χ0v) is 26.2. The number of thiocarbonyl (C=S) groups is 1. The molecule has 2 aliphatic heterocycles. The summed E-state index contributed by atoms with van der Waals surface area (Å²) >= 11 is 8.28. The number of nitrogen functional groups attached to an aromatic ring is 1. The van der Waals surface area contributed by atoms with Crippen LogP contribution in [0.25, 0.3) is 27.4 Å². The summed E-state index contributed by atoms with van der Waals surface area (Å²) < 4.78 is 13.3. The highest BCUT2D eigenvalue weighted by atomic mass is 32.2. The first-order chi connectivity index (χ1) is 21.3. The van der Waals surface area contributed by atoms with Crippen molar-refractivity contribution < 1.29 is 24.2 Å². The summed E-state index contributed by atoms with van der Waals surface area (Å²) in [6.07, 6.45) is 2.43. The molecule has 0 radical (unpaired) electrons. The van der Waals surface area contributed by atoms with Crippen molar-refractivity contribution in [3.63, 3.8) is 0 Å². The number of carbonyl (C=O) groups is 2. The van der Waals surface area contributed by atoms with Crippen LogP contribution >= 0.6 is 35.3 Å². The number of amides is 1. The van der Waals surface area contributed by atoms with Crippen LogP contribution < -0.4 is 10.5 Å². The number of carboxylic acid groups (broad SMARTS) is 1. The van der Waals surface area contributed by atoms with E-state index in [2.05, 4.69) is 16.0 Å². The predicted molar refractivity (Wildman–Crippen MR) is 179 cm³/mol. The lowest BCUT2D eigenvalue weighted by atomic mass is 10.0. The van der Waals surface area contributed by atoms with Crippen molar-refractivity contribution in [3.8, 4) is 16.9 Å². The van der Waals surface area contributed by atoms with Crippen molar-refractivity contribution in [2.45, 2.75) is 6.42 Å². The van der Waals surface area contributed by atoms with Gasteiger partial charge in [0.05, 0.1) is 33.9 Å². The Balaban J connectivity index is 1.21. The normalized spacial score (nSPS) is 16.7. The first-order valence-electron chi connectivity index (χ1n) is 14.1. The van der Waals surface area contributed by atoms with E-state index < -0.39 is 5.97 Å². The van der Waals surface area contributed by atoms with Gasteiger partial charge in [0.25, 0.3) is 5.91 Å². The molecule has 4 aromatic rings. The fraction of sp³-hybridized carbons (Fsp3) is 0.250. The molecule has 3 aromatic carbocycles. The van der Waals surface area contributed by atoms with Crippen LogP contribution in [0.4, 0.5) is 5.13 Å². The summed E-state index contributed by atoms with van der Waals surface area (Å²) in [5, 5.41) is 9.65. The maximum atomic E-state index is 13.4. The van der Waals surface area contributed by atoms with Gasteiger partial charge in [-0.25, -0.2) is 9.78 Å². The Labute approximate surface area is 268 Å². The topological polar surface area (TPSA) is 118 Å². The van der Waals surface area contributed by atoms with E-state index in [0.717, 1.165) is 71.1 Å². The SMILES string of the molecule is Nc1nc2ccc(-c3cc(/C=C4\SC(=S)N(CCc5ccc(C(=O)O)cc5)C4=O)ccc3OCCN3CCOCC3)cc2s1. The molecular formula is C32H30N4O5S3. The number of aromatic carboxylic acids is 1. The lowest BCUT2D eigenvalue weighted by Crippen LogP contribution is -2.38. The molecule has 2 saturated heterocycles. The first kappa shape index (κ1) is 30.2. The summed E-state index contributed by atoms with van der Waals surface area (Å²) in [5.41, 5.74) is 10.7. The Kier molecular flexibility index (Phi) is 9.24. The number of thioether (sulfide) groups is 1. The standard InChI is InChI=1S/C32H30N4O5S3/c33-31-34-25-7-6-23(19-27(25)43-31)24-17-21(3-8-26(24)41-16-13-35-11-14-40-15-12-35)18-28-29(37)36(32(42)44-28)10-9-20-1-4-22(5-2-20)30(38)39/h1-8,17-19H,9-16H2,(H2,33,34)(H,38,39)/b28-18-.